The van der Waals surface area contributed by atoms with Crippen molar-refractivity contribution in [3.8, 4) is 5.75 Å². The number of rotatable bonds is 4. The molecule has 1 fully saturated rings. The maximum atomic E-state index is 13.6. The Kier molecular flexibility index (Phi) is 2.77. The van der Waals surface area contributed by atoms with Gasteiger partial charge >= 0.3 is 5.97 Å². The minimum Gasteiger partial charge on any atom is -0.494 e. The Morgan fingerprint density at radius 2 is 2.06 bits per heavy atom. The van der Waals surface area contributed by atoms with E-state index in [1.165, 1.54) is 7.11 Å². The molecule has 1 aromatic rings. The second-order valence-electron chi connectivity index (χ2n) is 4.34. The molecular formula is C12H12F2O3. The van der Waals surface area contributed by atoms with Crippen LogP contribution in [0.2, 0.25) is 0 Å². The summed E-state index contributed by atoms with van der Waals surface area (Å²) in [6.07, 6.45) is 1.04. The van der Waals surface area contributed by atoms with Crippen molar-refractivity contribution in [1.29, 1.82) is 0 Å². The van der Waals surface area contributed by atoms with Gasteiger partial charge in [-0.25, -0.2) is 8.78 Å². The van der Waals surface area contributed by atoms with Gasteiger partial charge in [-0.15, -0.1) is 0 Å². The van der Waals surface area contributed by atoms with Crippen molar-refractivity contribution in [1.82, 2.24) is 0 Å². The number of benzene rings is 1. The first-order chi connectivity index (χ1) is 7.98. The van der Waals surface area contributed by atoms with E-state index in [4.69, 9.17) is 5.11 Å². The van der Waals surface area contributed by atoms with Crippen molar-refractivity contribution in [2.75, 3.05) is 7.11 Å². The quantitative estimate of drug-likeness (QED) is 0.881. The molecule has 1 aliphatic carbocycles. The number of halogens is 2. The van der Waals surface area contributed by atoms with Crippen LogP contribution < -0.4 is 4.74 Å². The molecule has 0 atom stereocenters. The van der Waals surface area contributed by atoms with E-state index < -0.39 is 23.0 Å². The molecule has 1 saturated carbocycles. The first kappa shape index (κ1) is 11.8. The summed E-state index contributed by atoms with van der Waals surface area (Å²) in [4.78, 5) is 11.0. The van der Waals surface area contributed by atoms with Crippen LogP contribution in [0.15, 0.2) is 12.1 Å². The summed E-state index contributed by atoms with van der Waals surface area (Å²) in [5.41, 5.74) is -0.815. The van der Waals surface area contributed by atoms with Gasteiger partial charge in [0.2, 0.25) is 0 Å². The summed E-state index contributed by atoms with van der Waals surface area (Å²) in [5, 5.41) is 8.99. The molecule has 0 aliphatic heterocycles. The summed E-state index contributed by atoms with van der Waals surface area (Å²) < 4.78 is 31.6. The molecule has 92 valence electrons. The van der Waals surface area contributed by atoms with Gasteiger partial charge in [-0.1, -0.05) is 0 Å². The highest BCUT2D eigenvalue weighted by molar-refractivity contribution is 5.78. The second-order valence-corrected chi connectivity index (χ2v) is 4.34. The number of hydrogen-bond acceptors (Lipinski definition) is 2. The average molecular weight is 242 g/mol. The van der Waals surface area contributed by atoms with Crippen molar-refractivity contribution >= 4 is 5.97 Å². The molecule has 0 unspecified atom stereocenters. The fourth-order valence-corrected chi connectivity index (χ4v) is 1.84. The molecule has 0 saturated heterocycles. The van der Waals surface area contributed by atoms with Crippen molar-refractivity contribution < 1.29 is 23.4 Å². The first-order valence-corrected chi connectivity index (χ1v) is 5.24. The lowest BCUT2D eigenvalue weighted by atomic mass is 9.96. The fraction of sp³-hybridized carbons (Fsp3) is 0.417. The highest BCUT2D eigenvalue weighted by atomic mass is 19.1. The van der Waals surface area contributed by atoms with Crippen molar-refractivity contribution in [2.24, 2.45) is 5.41 Å². The molecule has 0 radical (unpaired) electrons. The third-order valence-electron chi connectivity index (χ3n) is 3.16. The molecule has 5 heteroatoms. The maximum absolute atomic E-state index is 13.6. The zero-order valence-electron chi connectivity index (χ0n) is 9.30. The molecule has 17 heavy (non-hydrogen) atoms. The number of aliphatic carboxylic acids is 1. The highest BCUT2D eigenvalue weighted by Gasteiger charge is 2.50. The van der Waals surface area contributed by atoms with Gasteiger partial charge in [0.1, 0.15) is 5.82 Å². The molecule has 0 amide bonds. The third-order valence-corrected chi connectivity index (χ3v) is 3.16. The largest absolute Gasteiger partial charge is 0.494 e. The SMILES string of the molecule is COc1cc(F)c(CC2(C(=O)O)CC2)cc1F. The maximum Gasteiger partial charge on any atom is 0.309 e. The topological polar surface area (TPSA) is 46.5 Å². The predicted octanol–water partition coefficient (Wildman–Crippen LogP) is 2.38. The van der Waals surface area contributed by atoms with Crippen LogP contribution in [0.4, 0.5) is 8.78 Å². The molecule has 1 aromatic carbocycles. The predicted molar refractivity (Wildman–Crippen MR) is 55.9 cm³/mol. The number of hydrogen-bond donors (Lipinski definition) is 1. The van der Waals surface area contributed by atoms with E-state index in [2.05, 4.69) is 4.74 Å². The van der Waals surface area contributed by atoms with Crippen LogP contribution >= 0.6 is 0 Å². The lowest BCUT2D eigenvalue weighted by Crippen LogP contribution is -2.18. The summed E-state index contributed by atoms with van der Waals surface area (Å²) in [6, 6.07) is 1.96. The normalized spacial score (nSPS) is 16.6. The summed E-state index contributed by atoms with van der Waals surface area (Å²) in [7, 11) is 1.25. The third kappa shape index (κ3) is 2.09. The standard InChI is InChI=1S/C12H12F2O3/c1-17-10-5-8(13)7(4-9(10)14)6-12(2-3-12)11(15)16/h4-5H,2-3,6H2,1H3,(H,15,16). The van der Waals surface area contributed by atoms with Gasteiger partial charge in [-0.05, 0) is 30.9 Å². The van der Waals surface area contributed by atoms with Crippen LogP contribution in [0.3, 0.4) is 0 Å². The Balaban J connectivity index is 2.28. The molecule has 1 aliphatic rings. The summed E-state index contributed by atoms with van der Waals surface area (Å²) >= 11 is 0. The van der Waals surface area contributed by atoms with E-state index in [1.54, 1.807) is 0 Å². The second kappa shape index (κ2) is 3.98. The van der Waals surface area contributed by atoms with E-state index in [-0.39, 0.29) is 17.7 Å². The number of methoxy groups -OCH3 is 1. The molecule has 0 heterocycles. The van der Waals surface area contributed by atoms with Crippen LogP contribution in [0.5, 0.6) is 5.75 Å². The Labute approximate surface area is 97.0 Å². The molecule has 3 nitrogen and oxygen atoms in total. The molecule has 0 spiro atoms. The minimum atomic E-state index is -0.951. The van der Waals surface area contributed by atoms with Gasteiger partial charge in [0.05, 0.1) is 12.5 Å². The van der Waals surface area contributed by atoms with Crippen LogP contribution in [0.1, 0.15) is 18.4 Å². The van der Waals surface area contributed by atoms with Gasteiger partial charge in [-0.2, -0.15) is 0 Å². The van der Waals surface area contributed by atoms with Gasteiger partial charge in [0.15, 0.2) is 11.6 Å². The number of carboxylic acid groups (broad SMARTS) is 1. The lowest BCUT2D eigenvalue weighted by molar-refractivity contribution is -0.143. The zero-order chi connectivity index (χ0) is 12.6. The van der Waals surface area contributed by atoms with Crippen molar-refractivity contribution in [3.63, 3.8) is 0 Å². The zero-order valence-corrected chi connectivity index (χ0v) is 9.30. The van der Waals surface area contributed by atoms with E-state index in [0.717, 1.165) is 12.1 Å². The van der Waals surface area contributed by atoms with E-state index >= 15 is 0 Å². The fourth-order valence-electron chi connectivity index (χ4n) is 1.84. The number of carboxylic acids is 1. The van der Waals surface area contributed by atoms with Crippen LogP contribution in [0, 0.1) is 17.0 Å². The summed E-state index contributed by atoms with van der Waals surface area (Å²) in [6.45, 7) is 0. The number of carbonyl (C=O) groups is 1. The van der Waals surface area contributed by atoms with Crippen LogP contribution in [-0.4, -0.2) is 18.2 Å². The van der Waals surface area contributed by atoms with Gasteiger partial charge in [-0.3, -0.25) is 4.79 Å². The van der Waals surface area contributed by atoms with Crippen LogP contribution in [0.25, 0.3) is 0 Å². The Hall–Kier alpha value is -1.65. The molecular weight excluding hydrogens is 230 g/mol. The molecule has 0 bridgehead atoms. The molecule has 2 rings (SSSR count). The van der Waals surface area contributed by atoms with Crippen molar-refractivity contribution in [3.05, 3.63) is 29.3 Å². The highest BCUT2D eigenvalue weighted by Crippen LogP contribution is 2.49. The van der Waals surface area contributed by atoms with Crippen molar-refractivity contribution in [2.45, 2.75) is 19.3 Å². The van der Waals surface area contributed by atoms with E-state index in [9.17, 15) is 13.6 Å². The average Bonchev–Trinajstić information content (AvgIpc) is 3.04. The minimum absolute atomic E-state index is 0.0229. The Morgan fingerprint density at radius 1 is 1.41 bits per heavy atom. The lowest BCUT2D eigenvalue weighted by Gasteiger charge is -2.11. The monoisotopic (exact) mass is 242 g/mol. The van der Waals surface area contributed by atoms with Gasteiger partial charge in [0, 0.05) is 6.07 Å². The van der Waals surface area contributed by atoms with Gasteiger partial charge in [0.25, 0.3) is 0 Å². The molecule has 0 aromatic heterocycles. The first-order valence-electron chi connectivity index (χ1n) is 5.24. The van der Waals surface area contributed by atoms with Gasteiger partial charge < -0.3 is 9.84 Å². The Morgan fingerprint density at radius 3 is 2.53 bits per heavy atom. The van der Waals surface area contributed by atoms with E-state index in [0.29, 0.717) is 12.8 Å². The Bertz CT molecular complexity index is 467. The van der Waals surface area contributed by atoms with Crippen LogP contribution in [-0.2, 0) is 11.2 Å². The summed E-state index contributed by atoms with van der Waals surface area (Å²) in [5.74, 6) is -2.43. The van der Waals surface area contributed by atoms with E-state index in [1.807, 2.05) is 0 Å². The number of ether oxygens (including phenoxy) is 1. The molecule has 1 N–H and O–H groups in total. The smallest absolute Gasteiger partial charge is 0.309 e.